The van der Waals surface area contributed by atoms with E-state index in [9.17, 15) is 4.79 Å². The Morgan fingerprint density at radius 1 is 1.11 bits per heavy atom. The largest absolute Gasteiger partial charge is 0.273 e. The van der Waals surface area contributed by atoms with Gasteiger partial charge in [-0.15, -0.1) is 0 Å². The summed E-state index contributed by atoms with van der Waals surface area (Å²) in [7, 11) is 0. The fourth-order valence-electron chi connectivity index (χ4n) is 2.00. The first-order valence-corrected chi connectivity index (χ1v) is 6.70. The highest BCUT2D eigenvalue weighted by Crippen LogP contribution is 2.27. The Bertz CT molecular complexity index is 768. The van der Waals surface area contributed by atoms with E-state index in [-0.39, 0.29) is 5.56 Å². The predicted octanol–water partition coefficient (Wildman–Crippen LogP) is 4.01. The SMILES string of the molecule is Cc1cccc(Cl)c1-n1sc2ccccc2c1=O. The summed E-state index contributed by atoms with van der Waals surface area (Å²) in [5.74, 6) is 0. The minimum atomic E-state index is -0.00759. The molecule has 0 atom stereocenters. The maximum Gasteiger partial charge on any atom is 0.273 e. The number of nitrogens with zero attached hydrogens (tertiary/aromatic N) is 1. The highest BCUT2D eigenvalue weighted by atomic mass is 35.5. The second-order valence-electron chi connectivity index (χ2n) is 4.09. The van der Waals surface area contributed by atoms with Gasteiger partial charge < -0.3 is 0 Å². The van der Waals surface area contributed by atoms with Gasteiger partial charge in [-0.05, 0) is 30.7 Å². The van der Waals surface area contributed by atoms with E-state index in [0.717, 1.165) is 21.3 Å². The summed E-state index contributed by atoms with van der Waals surface area (Å²) in [5, 5.41) is 1.34. The fourth-order valence-corrected chi connectivity index (χ4v) is 3.46. The molecule has 0 aliphatic rings. The summed E-state index contributed by atoms with van der Waals surface area (Å²) >= 11 is 7.64. The van der Waals surface area contributed by atoms with Crippen LogP contribution in [0.15, 0.2) is 47.3 Å². The van der Waals surface area contributed by atoms with E-state index >= 15 is 0 Å². The third-order valence-corrected chi connectivity index (χ3v) is 4.27. The van der Waals surface area contributed by atoms with Gasteiger partial charge in [0.05, 0.1) is 20.8 Å². The third kappa shape index (κ3) is 1.67. The minimum absolute atomic E-state index is 0.00759. The number of aryl methyl sites for hydroxylation is 1. The van der Waals surface area contributed by atoms with Crippen LogP contribution in [0.25, 0.3) is 15.8 Å². The van der Waals surface area contributed by atoms with E-state index in [4.69, 9.17) is 11.6 Å². The predicted molar refractivity (Wildman–Crippen MR) is 77.2 cm³/mol. The molecule has 4 heteroatoms. The number of halogens is 1. The molecule has 0 amide bonds. The molecule has 0 aliphatic heterocycles. The van der Waals surface area contributed by atoms with E-state index in [0.29, 0.717) is 5.02 Å². The van der Waals surface area contributed by atoms with Gasteiger partial charge in [-0.1, -0.05) is 47.4 Å². The van der Waals surface area contributed by atoms with Crippen LogP contribution in [0.5, 0.6) is 0 Å². The first kappa shape index (κ1) is 11.5. The number of para-hydroxylation sites is 1. The summed E-state index contributed by atoms with van der Waals surface area (Å²) < 4.78 is 2.64. The van der Waals surface area contributed by atoms with Crippen molar-refractivity contribution in [3.8, 4) is 5.69 Å². The number of hydrogen-bond acceptors (Lipinski definition) is 2. The number of aromatic nitrogens is 1. The van der Waals surface area contributed by atoms with Crippen molar-refractivity contribution in [3.05, 3.63) is 63.4 Å². The van der Waals surface area contributed by atoms with Crippen molar-refractivity contribution in [1.29, 1.82) is 0 Å². The molecule has 0 unspecified atom stereocenters. The van der Waals surface area contributed by atoms with Crippen LogP contribution in [0.2, 0.25) is 5.02 Å². The zero-order valence-corrected chi connectivity index (χ0v) is 11.3. The monoisotopic (exact) mass is 275 g/mol. The molecular formula is C14H10ClNOS. The Morgan fingerprint density at radius 2 is 1.89 bits per heavy atom. The topological polar surface area (TPSA) is 22.0 Å². The van der Waals surface area contributed by atoms with E-state index in [1.165, 1.54) is 11.5 Å². The number of fused-ring (bicyclic) bond motifs is 1. The Balaban J connectivity index is 2.39. The molecule has 0 spiro atoms. The molecule has 90 valence electrons. The van der Waals surface area contributed by atoms with Crippen LogP contribution in [0.1, 0.15) is 5.56 Å². The van der Waals surface area contributed by atoms with Crippen LogP contribution in [-0.4, -0.2) is 3.96 Å². The van der Waals surface area contributed by atoms with E-state index < -0.39 is 0 Å². The second kappa shape index (κ2) is 4.26. The lowest BCUT2D eigenvalue weighted by molar-refractivity contribution is 1.12. The molecule has 18 heavy (non-hydrogen) atoms. The fraction of sp³-hybridized carbons (Fsp3) is 0.0714. The van der Waals surface area contributed by atoms with E-state index in [1.54, 1.807) is 10.0 Å². The minimum Gasteiger partial charge on any atom is -0.267 e. The van der Waals surface area contributed by atoms with Gasteiger partial charge in [0.1, 0.15) is 0 Å². The van der Waals surface area contributed by atoms with Gasteiger partial charge in [-0.3, -0.25) is 4.79 Å². The molecule has 0 aliphatic carbocycles. The molecule has 1 heterocycles. The van der Waals surface area contributed by atoms with Crippen molar-refractivity contribution in [3.63, 3.8) is 0 Å². The molecule has 3 rings (SSSR count). The molecule has 2 nitrogen and oxygen atoms in total. The smallest absolute Gasteiger partial charge is 0.267 e. The highest BCUT2D eigenvalue weighted by molar-refractivity contribution is 7.14. The molecule has 0 fully saturated rings. The highest BCUT2D eigenvalue weighted by Gasteiger charge is 2.12. The summed E-state index contributed by atoms with van der Waals surface area (Å²) in [6.45, 7) is 1.96. The summed E-state index contributed by atoms with van der Waals surface area (Å²) in [4.78, 5) is 12.3. The number of rotatable bonds is 1. The van der Waals surface area contributed by atoms with Crippen LogP contribution < -0.4 is 5.56 Å². The van der Waals surface area contributed by atoms with Crippen LogP contribution in [0, 0.1) is 6.92 Å². The standard InChI is InChI=1S/C14H10ClNOS/c1-9-5-4-7-11(15)13(9)16-14(17)10-6-2-3-8-12(10)18-16/h2-8H,1H3. The average Bonchev–Trinajstić information content (AvgIpc) is 2.68. The normalized spacial score (nSPS) is 11.0. The van der Waals surface area contributed by atoms with Crippen LogP contribution >= 0.6 is 23.1 Å². The first-order valence-electron chi connectivity index (χ1n) is 5.55. The summed E-state index contributed by atoms with van der Waals surface area (Å²) in [5.41, 5.74) is 1.77. The van der Waals surface area contributed by atoms with Gasteiger partial charge in [0.2, 0.25) is 0 Å². The molecule has 0 bridgehead atoms. The molecule has 0 saturated heterocycles. The lowest BCUT2D eigenvalue weighted by atomic mass is 10.2. The first-order chi connectivity index (χ1) is 8.68. The average molecular weight is 276 g/mol. The number of hydrogen-bond donors (Lipinski definition) is 0. The molecular weight excluding hydrogens is 266 g/mol. The third-order valence-electron chi connectivity index (χ3n) is 2.88. The van der Waals surface area contributed by atoms with Crippen LogP contribution in [0.3, 0.4) is 0 Å². The summed E-state index contributed by atoms with van der Waals surface area (Å²) in [6, 6.07) is 13.3. The van der Waals surface area contributed by atoms with Gasteiger partial charge >= 0.3 is 0 Å². The molecule has 1 aromatic heterocycles. The van der Waals surface area contributed by atoms with Gasteiger partial charge in [0, 0.05) is 0 Å². The molecule has 2 aromatic carbocycles. The van der Waals surface area contributed by atoms with Gasteiger partial charge in [0.25, 0.3) is 5.56 Å². The maximum atomic E-state index is 12.3. The van der Waals surface area contributed by atoms with E-state index in [1.807, 2.05) is 43.3 Å². The van der Waals surface area contributed by atoms with Gasteiger partial charge in [0.15, 0.2) is 0 Å². The molecule has 0 radical (unpaired) electrons. The molecule has 0 N–H and O–H groups in total. The van der Waals surface area contributed by atoms with Crippen molar-refractivity contribution in [1.82, 2.24) is 3.96 Å². The summed E-state index contributed by atoms with van der Waals surface area (Å²) in [6.07, 6.45) is 0. The lowest BCUT2D eigenvalue weighted by Gasteiger charge is -2.06. The van der Waals surface area contributed by atoms with E-state index in [2.05, 4.69) is 0 Å². The maximum absolute atomic E-state index is 12.3. The zero-order valence-electron chi connectivity index (χ0n) is 9.68. The Morgan fingerprint density at radius 3 is 2.61 bits per heavy atom. The van der Waals surface area contributed by atoms with Gasteiger partial charge in [-0.2, -0.15) is 0 Å². The zero-order chi connectivity index (χ0) is 12.7. The molecule has 3 aromatic rings. The second-order valence-corrected chi connectivity index (χ2v) is 5.49. The van der Waals surface area contributed by atoms with Crippen molar-refractivity contribution < 1.29 is 0 Å². The number of benzene rings is 2. The Kier molecular flexibility index (Phi) is 2.73. The van der Waals surface area contributed by atoms with Crippen molar-refractivity contribution in [2.45, 2.75) is 6.92 Å². The van der Waals surface area contributed by atoms with Gasteiger partial charge in [-0.25, -0.2) is 3.96 Å². The van der Waals surface area contributed by atoms with Crippen molar-refractivity contribution in [2.24, 2.45) is 0 Å². The molecule has 0 saturated carbocycles. The Labute approximate surface area is 113 Å². The van der Waals surface area contributed by atoms with Crippen molar-refractivity contribution >= 4 is 33.2 Å². The lowest BCUT2D eigenvalue weighted by Crippen LogP contribution is -2.12. The van der Waals surface area contributed by atoms with Crippen molar-refractivity contribution in [2.75, 3.05) is 0 Å². The van der Waals surface area contributed by atoms with Crippen LogP contribution in [-0.2, 0) is 0 Å². The Hall–Kier alpha value is -1.58. The quantitative estimate of drug-likeness (QED) is 0.658. The van der Waals surface area contributed by atoms with Crippen LogP contribution in [0.4, 0.5) is 0 Å².